The molecule has 6 heteroatoms. The van der Waals surface area contributed by atoms with E-state index in [4.69, 9.17) is 4.74 Å². The van der Waals surface area contributed by atoms with Crippen molar-refractivity contribution in [1.29, 1.82) is 0 Å². The van der Waals surface area contributed by atoms with Crippen molar-refractivity contribution in [2.75, 3.05) is 10.6 Å². The maximum atomic E-state index is 12.9. The van der Waals surface area contributed by atoms with Gasteiger partial charge in [0.1, 0.15) is 0 Å². The minimum atomic E-state index is -1.13. The van der Waals surface area contributed by atoms with Crippen LogP contribution in [0.1, 0.15) is 40.5 Å². The third kappa shape index (κ3) is 2.05. The summed E-state index contributed by atoms with van der Waals surface area (Å²) in [5, 5.41) is 5.52. The third-order valence-electron chi connectivity index (χ3n) is 5.91. The molecule has 2 bridgehead atoms. The molecule has 1 heterocycles. The normalized spacial score (nSPS) is 29.9. The van der Waals surface area contributed by atoms with E-state index in [1.165, 1.54) is 6.92 Å². The van der Waals surface area contributed by atoms with Crippen molar-refractivity contribution in [2.24, 2.45) is 10.8 Å². The van der Waals surface area contributed by atoms with Crippen LogP contribution in [0.5, 0.6) is 0 Å². The van der Waals surface area contributed by atoms with Crippen LogP contribution in [0.25, 0.3) is 0 Å². The van der Waals surface area contributed by atoms with E-state index in [9.17, 15) is 14.4 Å². The van der Waals surface area contributed by atoms with Crippen molar-refractivity contribution >= 4 is 29.2 Å². The van der Waals surface area contributed by atoms with Crippen LogP contribution in [0.3, 0.4) is 0 Å². The fourth-order valence-electron chi connectivity index (χ4n) is 3.82. The van der Waals surface area contributed by atoms with Gasteiger partial charge < -0.3 is 15.4 Å². The Bertz CT molecular complexity index is 725. The van der Waals surface area contributed by atoms with Gasteiger partial charge in [0.05, 0.1) is 5.41 Å². The van der Waals surface area contributed by atoms with E-state index < -0.39 is 16.4 Å². The second-order valence-corrected chi connectivity index (χ2v) is 7.39. The average molecular weight is 330 g/mol. The number of esters is 1. The van der Waals surface area contributed by atoms with Gasteiger partial charge in [0.15, 0.2) is 5.60 Å². The number of amides is 2. The van der Waals surface area contributed by atoms with E-state index >= 15 is 0 Å². The van der Waals surface area contributed by atoms with Crippen LogP contribution in [0, 0.1) is 10.8 Å². The van der Waals surface area contributed by atoms with Crippen molar-refractivity contribution < 1.29 is 19.1 Å². The van der Waals surface area contributed by atoms with Crippen molar-refractivity contribution in [3.63, 3.8) is 0 Å². The zero-order valence-corrected chi connectivity index (χ0v) is 14.4. The lowest BCUT2D eigenvalue weighted by atomic mass is 9.66. The first-order valence-electron chi connectivity index (χ1n) is 8.05. The molecule has 1 aliphatic carbocycles. The number of rotatable bonds is 3. The number of hydrogen-bond donors (Lipinski definition) is 2. The fraction of sp³-hybridized carbons (Fsp3) is 0.500. The smallest absolute Gasteiger partial charge is 0.313 e. The summed E-state index contributed by atoms with van der Waals surface area (Å²) in [7, 11) is 0. The van der Waals surface area contributed by atoms with Gasteiger partial charge in [-0.2, -0.15) is 0 Å². The van der Waals surface area contributed by atoms with Crippen LogP contribution in [-0.4, -0.2) is 23.4 Å². The highest BCUT2D eigenvalue weighted by Gasteiger charge is 2.75. The van der Waals surface area contributed by atoms with Gasteiger partial charge in [0, 0.05) is 23.7 Å². The Kier molecular flexibility index (Phi) is 3.48. The molecule has 24 heavy (non-hydrogen) atoms. The molecule has 1 saturated carbocycles. The van der Waals surface area contributed by atoms with Gasteiger partial charge in [-0.3, -0.25) is 14.4 Å². The zero-order chi connectivity index (χ0) is 17.8. The Balaban J connectivity index is 1.81. The fourth-order valence-corrected chi connectivity index (χ4v) is 3.82. The van der Waals surface area contributed by atoms with E-state index in [0.29, 0.717) is 24.2 Å². The number of nitrogens with one attached hydrogen (secondary N) is 2. The Morgan fingerprint density at radius 1 is 1.00 bits per heavy atom. The molecule has 0 spiro atoms. The van der Waals surface area contributed by atoms with Crippen LogP contribution >= 0.6 is 0 Å². The highest BCUT2D eigenvalue weighted by Crippen LogP contribution is 2.65. The molecule has 1 aliphatic heterocycles. The summed E-state index contributed by atoms with van der Waals surface area (Å²) in [5.41, 5.74) is -1.08. The maximum absolute atomic E-state index is 12.9. The van der Waals surface area contributed by atoms with Crippen molar-refractivity contribution in [3.8, 4) is 0 Å². The first-order valence-corrected chi connectivity index (χ1v) is 8.05. The van der Waals surface area contributed by atoms with Gasteiger partial charge in [-0.1, -0.05) is 13.8 Å². The number of anilines is 2. The number of ether oxygens (including phenoxy) is 1. The van der Waals surface area contributed by atoms with E-state index in [-0.39, 0.29) is 17.8 Å². The zero-order valence-electron chi connectivity index (χ0n) is 14.4. The van der Waals surface area contributed by atoms with Gasteiger partial charge in [-0.15, -0.1) is 0 Å². The van der Waals surface area contributed by atoms with Crippen LogP contribution in [0.15, 0.2) is 24.3 Å². The van der Waals surface area contributed by atoms with Gasteiger partial charge in [0.25, 0.3) is 5.91 Å². The number of carbonyl (C=O) groups excluding carboxylic acids is 3. The molecule has 2 N–H and O–H groups in total. The molecule has 1 aromatic carbocycles. The Hall–Kier alpha value is -2.37. The molecule has 3 rings (SSSR count). The van der Waals surface area contributed by atoms with Crippen LogP contribution in [-0.2, 0) is 19.1 Å². The predicted molar refractivity (Wildman–Crippen MR) is 89.3 cm³/mol. The second kappa shape index (κ2) is 5.06. The van der Waals surface area contributed by atoms with Crippen molar-refractivity contribution in [2.45, 2.75) is 46.1 Å². The molecule has 0 radical (unpaired) electrons. The topological polar surface area (TPSA) is 84.5 Å². The number of benzene rings is 1. The van der Waals surface area contributed by atoms with Crippen LogP contribution < -0.4 is 10.6 Å². The van der Waals surface area contributed by atoms with Crippen molar-refractivity contribution in [1.82, 2.24) is 0 Å². The van der Waals surface area contributed by atoms with E-state index in [2.05, 4.69) is 10.6 Å². The second-order valence-electron chi connectivity index (χ2n) is 7.39. The predicted octanol–water partition coefficient (Wildman–Crippen LogP) is 2.71. The summed E-state index contributed by atoms with van der Waals surface area (Å²) in [5.74, 6) is -0.750. The summed E-state index contributed by atoms with van der Waals surface area (Å²) >= 11 is 0. The lowest BCUT2D eigenvalue weighted by Gasteiger charge is -2.35. The van der Waals surface area contributed by atoms with Gasteiger partial charge in [-0.25, -0.2) is 0 Å². The number of fused-ring (bicyclic) bond motifs is 2. The molecule has 2 fully saturated rings. The van der Waals surface area contributed by atoms with Gasteiger partial charge in [0.2, 0.25) is 5.91 Å². The Labute approximate surface area is 140 Å². The quantitative estimate of drug-likeness (QED) is 0.835. The van der Waals surface area contributed by atoms with Crippen molar-refractivity contribution in [3.05, 3.63) is 24.3 Å². The molecule has 6 nitrogen and oxygen atoms in total. The standard InChI is InChI=1S/C18H22N2O4/c1-11(21)19-12-5-7-13(8-6-12)20-14(22)18-10-9-17(4,15(23)24-18)16(18,2)3/h5-8H,9-10H2,1-4H3,(H,19,21)(H,20,22)/t17-,18-/m0/s1. The summed E-state index contributed by atoms with van der Waals surface area (Å²) in [6.07, 6.45) is 1.17. The molecule has 2 amide bonds. The number of hydrogen-bond acceptors (Lipinski definition) is 4. The Morgan fingerprint density at radius 3 is 1.96 bits per heavy atom. The average Bonchev–Trinajstić information content (AvgIpc) is 2.79. The number of carbonyl (C=O) groups is 3. The summed E-state index contributed by atoms with van der Waals surface area (Å²) in [6, 6.07) is 6.83. The van der Waals surface area contributed by atoms with E-state index in [0.717, 1.165) is 0 Å². The highest BCUT2D eigenvalue weighted by molar-refractivity contribution is 6.03. The Morgan fingerprint density at radius 2 is 1.54 bits per heavy atom. The molecule has 0 unspecified atom stereocenters. The summed E-state index contributed by atoms with van der Waals surface area (Å²) in [6.45, 7) is 7.15. The molecular formula is C18H22N2O4. The summed E-state index contributed by atoms with van der Waals surface area (Å²) < 4.78 is 5.57. The molecule has 1 saturated heterocycles. The SMILES string of the molecule is CC(=O)Nc1ccc(NC(=O)[C@]23CC[C@@](C)(C(=O)O2)C3(C)C)cc1. The maximum Gasteiger partial charge on any atom is 0.313 e. The molecule has 0 aromatic heterocycles. The minimum absolute atomic E-state index is 0.157. The third-order valence-corrected chi connectivity index (χ3v) is 5.91. The van der Waals surface area contributed by atoms with Gasteiger partial charge in [-0.05, 0) is 44.0 Å². The van der Waals surface area contributed by atoms with Crippen LogP contribution in [0.2, 0.25) is 0 Å². The monoisotopic (exact) mass is 330 g/mol. The highest BCUT2D eigenvalue weighted by atomic mass is 16.6. The lowest BCUT2D eigenvalue weighted by Crippen LogP contribution is -2.50. The van der Waals surface area contributed by atoms with E-state index in [1.54, 1.807) is 24.3 Å². The first-order chi connectivity index (χ1) is 11.1. The minimum Gasteiger partial charge on any atom is -0.448 e. The largest absolute Gasteiger partial charge is 0.448 e. The molecular weight excluding hydrogens is 308 g/mol. The lowest BCUT2D eigenvalue weighted by molar-refractivity contribution is -0.165. The molecule has 128 valence electrons. The van der Waals surface area contributed by atoms with E-state index in [1.807, 2.05) is 20.8 Å². The molecule has 1 aromatic rings. The summed E-state index contributed by atoms with van der Waals surface area (Å²) in [4.78, 5) is 36.2. The first kappa shape index (κ1) is 16.5. The molecule has 2 aliphatic rings. The van der Waals surface area contributed by atoms with Gasteiger partial charge >= 0.3 is 5.97 Å². The van der Waals surface area contributed by atoms with Crippen LogP contribution in [0.4, 0.5) is 11.4 Å². The molecule has 2 atom stereocenters.